The molecule has 0 aliphatic carbocycles. The SMILES string of the molecule is COc1ccc(NCc2cc(C(=O)O)co2)c(OC)c1. The predicted molar refractivity (Wildman–Crippen MR) is 72.5 cm³/mol. The summed E-state index contributed by atoms with van der Waals surface area (Å²) < 4.78 is 15.5. The van der Waals surface area contributed by atoms with Crippen molar-refractivity contribution in [2.75, 3.05) is 19.5 Å². The summed E-state index contributed by atoms with van der Waals surface area (Å²) in [5, 5.41) is 11.9. The smallest absolute Gasteiger partial charge is 0.338 e. The van der Waals surface area contributed by atoms with Gasteiger partial charge in [0.15, 0.2) is 0 Å². The van der Waals surface area contributed by atoms with Crippen LogP contribution in [0.1, 0.15) is 16.1 Å². The van der Waals surface area contributed by atoms with Gasteiger partial charge in [0.05, 0.1) is 32.0 Å². The van der Waals surface area contributed by atoms with Gasteiger partial charge < -0.3 is 24.3 Å². The van der Waals surface area contributed by atoms with Crippen molar-refractivity contribution in [3.05, 3.63) is 41.9 Å². The van der Waals surface area contributed by atoms with Crippen LogP contribution in [0.3, 0.4) is 0 Å². The highest BCUT2D eigenvalue weighted by molar-refractivity contribution is 5.87. The largest absolute Gasteiger partial charge is 0.497 e. The second-order valence-electron chi connectivity index (χ2n) is 4.03. The summed E-state index contributed by atoms with van der Waals surface area (Å²) >= 11 is 0. The van der Waals surface area contributed by atoms with Crippen LogP contribution in [0.15, 0.2) is 34.9 Å². The van der Waals surface area contributed by atoms with Gasteiger partial charge in [-0.15, -0.1) is 0 Å². The van der Waals surface area contributed by atoms with Crippen LogP contribution in [0.25, 0.3) is 0 Å². The fourth-order valence-corrected chi connectivity index (χ4v) is 1.71. The summed E-state index contributed by atoms with van der Waals surface area (Å²) in [6.45, 7) is 0.357. The molecule has 1 aromatic carbocycles. The van der Waals surface area contributed by atoms with Gasteiger partial charge >= 0.3 is 5.97 Å². The molecule has 0 spiro atoms. The van der Waals surface area contributed by atoms with Crippen molar-refractivity contribution in [2.24, 2.45) is 0 Å². The van der Waals surface area contributed by atoms with E-state index in [1.807, 2.05) is 6.07 Å². The lowest BCUT2D eigenvalue weighted by Crippen LogP contribution is -2.01. The first-order valence-electron chi connectivity index (χ1n) is 5.90. The van der Waals surface area contributed by atoms with Gasteiger partial charge in [-0.25, -0.2) is 4.79 Å². The molecule has 0 saturated heterocycles. The molecular weight excluding hydrogens is 262 g/mol. The normalized spacial score (nSPS) is 10.1. The Labute approximate surface area is 115 Å². The van der Waals surface area contributed by atoms with E-state index in [0.29, 0.717) is 23.8 Å². The summed E-state index contributed by atoms with van der Waals surface area (Å²) in [6.07, 6.45) is 1.21. The Kier molecular flexibility index (Phi) is 4.14. The predicted octanol–water partition coefficient (Wildman–Crippen LogP) is 2.61. The van der Waals surface area contributed by atoms with E-state index < -0.39 is 5.97 Å². The van der Waals surface area contributed by atoms with Crippen molar-refractivity contribution in [1.29, 1.82) is 0 Å². The maximum Gasteiger partial charge on any atom is 0.338 e. The van der Waals surface area contributed by atoms with E-state index in [1.54, 1.807) is 26.4 Å². The molecule has 2 N–H and O–H groups in total. The Morgan fingerprint density at radius 1 is 1.30 bits per heavy atom. The number of hydrogen-bond donors (Lipinski definition) is 2. The zero-order chi connectivity index (χ0) is 14.5. The monoisotopic (exact) mass is 277 g/mol. The lowest BCUT2D eigenvalue weighted by Gasteiger charge is -2.11. The van der Waals surface area contributed by atoms with Gasteiger partial charge in [-0.3, -0.25) is 0 Å². The van der Waals surface area contributed by atoms with Crippen LogP contribution in [0.2, 0.25) is 0 Å². The van der Waals surface area contributed by atoms with Crippen LogP contribution in [0.5, 0.6) is 11.5 Å². The first-order chi connectivity index (χ1) is 9.63. The van der Waals surface area contributed by atoms with Crippen molar-refractivity contribution in [3.8, 4) is 11.5 Å². The van der Waals surface area contributed by atoms with Crippen molar-refractivity contribution < 1.29 is 23.8 Å². The minimum Gasteiger partial charge on any atom is -0.497 e. The Balaban J connectivity index is 2.07. The molecule has 106 valence electrons. The van der Waals surface area contributed by atoms with Crippen molar-refractivity contribution in [1.82, 2.24) is 0 Å². The number of methoxy groups -OCH3 is 2. The van der Waals surface area contributed by atoms with E-state index in [1.165, 1.54) is 12.3 Å². The number of anilines is 1. The first kappa shape index (κ1) is 13.8. The standard InChI is InChI=1S/C14H15NO5/c1-18-10-3-4-12(13(6-10)19-2)15-7-11-5-9(8-20-11)14(16)17/h3-6,8,15H,7H2,1-2H3,(H,16,17). The second-order valence-corrected chi connectivity index (χ2v) is 4.03. The third-order valence-corrected chi connectivity index (χ3v) is 2.76. The minimum absolute atomic E-state index is 0.128. The highest BCUT2D eigenvalue weighted by Gasteiger charge is 2.09. The van der Waals surface area contributed by atoms with Gasteiger partial charge in [-0.05, 0) is 18.2 Å². The Morgan fingerprint density at radius 2 is 2.10 bits per heavy atom. The van der Waals surface area contributed by atoms with Crippen LogP contribution in [0, 0.1) is 0 Å². The number of carboxylic acids is 1. The zero-order valence-electron chi connectivity index (χ0n) is 11.2. The number of ether oxygens (including phenoxy) is 2. The van der Waals surface area contributed by atoms with Crippen LogP contribution in [-0.4, -0.2) is 25.3 Å². The number of hydrogen-bond acceptors (Lipinski definition) is 5. The molecule has 1 heterocycles. The third-order valence-electron chi connectivity index (χ3n) is 2.76. The molecule has 0 aliphatic heterocycles. The van der Waals surface area contributed by atoms with Gasteiger partial charge in [0.2, 0.25) is 0 Å². The molecule has 6 heteroatoms. The Morgan fingerprint density at radius 3 is 2.70 bits per heavy atom. The number of carboxylic acid groups (broad SMARTS) is 1. The molecule has 0 radical (unpaired) electrons. The third kappa shape index (κ3) is 3.03. The van der Waals surface area contributed by atoms with Crippen LogP contribution in [-0.2, 0) is 6.54 Å². The highest BCUT2D eigenvalue weighted by atomic mass is 16.5. The van der Waals surface area contributed by atoms with E-state index >= 15 is 0 Å². The number of rotatable bonds is 6. The molecule has 0 saturated carbocycles. The average molecular weight is 277 g/mol. The molecule has 0 aliphatic rings. The molecule has 0 unspecified atom stereocenters. The lowest BCUT2D eigenvalue weighted by molar-refractivity contribution is 0.0696. The Hall–Kier alpha value is -2.63. The van der Waals surface area contributed by atoms with Crippen molar-refractivity contribution in [2.45, 2.75) is 6.54 Å². The zero-order valence-corrected chi connectivity index (χ0v) is 11.2. The van der Waals surface area contributed by atoms with Crippen LogP contribution < -0.4 is 14.8 Å². The molecule has 1 aromatic heterocycles. The first-order valence-corrected chi connectivity index (χ1v) is 5.90. The summed E-state index contributed by atoms with van der Waals surface area (Å²) in [7, 11) is 3.15. The van der Waals surface area contributed by atoms with E-state index in [9.17, 15) is 4.79 Å². The van der Waals surface area contributed by atoms with Crippen molar-refractivity contribution in [3.63, 3.8) is 0 Å². The maximum absolute atomic E-state index is 10.7. The number of aromatic carboxylic acids is 1. The molecule has 0 fully saturated rings. The number of furan rings is 1. The topological polar surface area (TPSA) is 80.9 Å². The number of benzene rings is 1. The number of nitrogens with one attached hydrogen (secondary N) is 1. The van der Waals surface area contributed by atoms with E-state index in [0.717, 1.165) is 5.69 Å². The summed E-state index contributed by atoms with van der Waals surface area (Å²) in [4.78, 5) is 10.7. The minimum atomic E-state index is -1.01. The van der Waals surface area contributed by atoms with Crippen molar-refractivity contribution >= 4 is 11.7 Å². The Bertz CT molecular complexity index is 605. The van der Waals surface area contributed by atoms with Gasteiger partial charge in [0.25, 0.3) is 0 Å². The number of carbonyl (C=O) groups is 1. The fraction of sp³-hybridized carbons (Fsp3) is 0.214. The molecule has 0 amide bonds. The summed E-state index contributed by atoms with van der Waals surface area (Å²) in [5.74, 6) is 0.843. The highest BCUT2D eigenvalue weighted by Crippen LogP contribution is 2.29. The van der Waals surface area contributed by atoms with Crippen LogP contribution in [0.4, 0.5) is 5.69 Å². The lowest BCUT2D eigenvalue weighted by atomic mass is 10.2. The molecular formula is C14H15NO5. The van der Waals surface area contributed by atoms with E-state index in [-0.39, 0.29) is 5.56 Å². The van der Waals surface area contributed by atoms with Gasteiger partial charge in [-0.2, -0.15) is 0 Å². The van der Waals surface area contributed by atoms with E-state index in [4.69, 9.17) is 19.0 Å². The van der Waals surface area contributed by atoms with Gasteiger partial charge in [0.1, 0.15) is 23.5 Å². The molecule has 0 atom stereocenters. The van der Waals surface area contributed by atoms with Gasteiger partial charge in [-0.1, -0.05) is 0 Å². The van der Waals surface area contributed by atoms with Crippen LogP contribution >= 0.6 is 0 Å². The molecule has 0 bridgehead atoms. The molecule has 2 aromatic rings. The summed E-state index contributed by atoms with van der Waals surface area (Å²) in [5.41, 5.74) is 0.894. The van der Waals surface area contributed by atoms with Gasteiger partial charge in [0, 0.05) is 6.07 Å². The second kappa shape index (κ2) is 6.01. The fourth-order valence-electron chi connectivity index (χ4n) is 1.71. The molecule has 2 rings (SSSR count). The maximum atomic E-state index is 10.7. The summed E-state index contributed by atoms with van der Waals surface area (Å²) in [6, 6.07) is 6.85. The molecule has 6 nitrogen and oxygen atoms in total. The quantitative estimate of drug-likeness (QED) is 0.844. The van der Waals surface area contributed by atoms with E-state index in [2.05, 4.69) is 5.32 Å². The average Bonchev–Trinajstić information content (AvgIpc) is 2.94. The molecule has 20 heavy (non-hydrogen) atoms.